The fraction of sp³-hybridized carbons (Fsp3) is 0.429. The average molecular weight is 665 g/mol. The van der Waals surface area contributed by atoms with E-state index in [1.807, 2.05) is 22.6 Å². The molecule has 2 aromatic carbocycles. The van der Waals surface area contributed by atoms with Crippen LogP contribution in [-0.2, 0) is 4.43 Å². The number of fused-ring (bicyclic) bond motifs is 2. The van der Waals surface area contributed by atoms with Crippen LogP contribution in [0.3, 0.4) is 0 Å². The minimum Gasteiger partial charge on any atom is -0.417 e. The van der Waals surface area contributed by atoms with Gasteiger partial charge in [-0.3, -0.25) is 9.36 Å². The van der Waals surface area contributed by atoms with Crippen molar-refractivity contribution in [2.24, 2.45) is 5.41 Å². The smallest absolute Gasteiger partial charge is 0.340 e. The Kier molecular flexibility index (Phi) is 6.86. The van der Waals surface area contributed by atoms with Gasteiger partial charge in [0.2, 0.25) is 5.91 Å². The lowest BCUT2D eigenvalue weighted by Gasteiger charge is -2.36. The van der Waals surface area contributed by atoms with Crippen molar-refractivity contribution in [2.45, 2.75) is 65.1 Å². The summed E-state index contributed by atoms with van der Waals surface area (Å²) in [7, 11) is -2.03. The van der Waals surface area contributed by atoms with E-state index < -0.39 is 37.0 Å². The maximum absolute atomic E-state index is 16.1. The molecule has 206 valence electrons. The molecule has 1 saturated carbocycles. The molecule has 0 spiro atoms. The Bertz CT molecular complexity index is 1700. The Morgan fingerprint density at radius 1 is 1.18 bits per heavy atom. The van der Waals surface area contributed by atoms with E-state index in [4.69, 9.17) is 4.43 Å². The predicted octanol–water partition coefficient (Wildman–Crippen LogP) is 6.76. The van der Waals surface area contributed by atoms with Crippen molar-refractivity contribution in [1.29, 1.82) is 0 Å². The monoisotopic (exact) mass is 664 g/mol. The number of imidazole rings is 1. The third-order valence-electron chi connectivity index (χ3n) is 8.38. The second kappa shape index (κ2) is 9.55. The van der Waals surface area contributed by atoms with Gasteiger partial charge in [-0.2, -0.15) is 0 Å². The summed E-state index contributed by atoms with van der Waals surface area (Å²) < 4.78 is 40.2. The normalized spacial score (nSPS) is 15.3. The third kappa shape index (κ3) is 4.65. The lowest BCUT2D eigenvalue weighted by atomic mass is 10.0. The molecule has 1 aliphatic rings. The molecule has 0 radical (unpaired) electrons. The van der Waals surface area contributed by atoms with Crippen LogP contribution in [0.5, 0.6) is 0 Å². The second-order valence-corrected chi connectivity index (χ2v) is 18.0. The van der Waals surface area contributed by atoms with Crippen molar-refractivity contribution in [3.05, 3.63) is 62.0 Å². The van der Waals surface area contributed by atoms with Gasteiger partial charge in [-0.05, 0) is 91.2 Å². The summed E-state index contributed by atoms with van der Waals surface area (Å²) in [4.78, 5) is 36.3. The summed E-state index contributed by atoms with van der Waals surface area (Å²) in [6.45, 7) is 12.9. The molecule has 0 N–H and O–H groups in total. The average Bonchev–Trinajstić information content (AvgIpc) is 3.57. The molecule has 0 bridgehead atoms. The SMILES string of the molecule is Cc1ncnc2c(F)c3c(cc12)n(C(=O)C1(CCO[Si](C)(C)C(C)(C)C)CC1)c(=O)n3-c1ccc(I)cc1F. The first-order valence-electron chi connectivity index (χ1n) is 12.9. The highest BCUT2D eigenvalue weighted by molar-refractivity contribution is 14.1. The van der Waals surface area contributed by atoms with Gasteiger partial charge in [-0.1, -0.05) is 20.8 Å². The van der Waals surface area contributed by atoms with E-state index in [1.54, 1.807) is 19.1 Å². The molecule has 0 atom stereocenters. The molecule has 4 aromatic rings. The van der Waals surface area contributed by atoms with Crippen LogP contribution in [0.15, 0.2) is 35.4 Å². The van der Waals surface area contributed by atoms with Crippen LogP contribution in [0.4, 0.5) is 8.78 Å². The molecule has 1 aliphatic carbocycles. The molecule has 0 aliphatic heterocycles. The van der Waals surface area contributed by atoms with Gasteiger partial charge in [-0.15, -0.1) is 0 Å². The van der Waals surface area contributed by atoms with Crippen molar-refractivity contribution in [1.82, 2.24) is 19.1 Å². The van der Waals surface area contributed by atoms with E-state index in [1.165, 1.54) is 18.5 Å². The number of halogens is 3. The number of aryl methyl sites for hydroxylation is 1. The zero-order chi connectivity index (χ0) is 28.5. The molecule has 39 heavy (non-hydrogen) atoms. The van der Waals surface area contributed by atoms with Gasteiger partial charge in [0, 0.05) is 21.3 Å². The molecule has 0 unspecified atom stereocenters. The number of benzene rings is 2. The van der Waals surface area contributed by atoms with Crippen molar-refractivity contribution in [3.63, 3.8) is 0 Å². The number of rotatable bonds is 6. The molecule has 0 amide bonds. The standard InChI is InChI=1S/C28H31F2IN4O3Si/c1-16-18-14-21-24(22(30)23(18)33-15-32-16)34(20-8-7-17(31)13-19(20)29)26(37)35(21)25(36)28(9-10-28)11-12-38-39(5,6)27(2,3)4/h7-8,13-15H,9-12H2,1-6H3. The van der Waals surface area contributed by atoms with Crippen molar-refractivity contribution in [2.75, 3.05) is 6.61 Å². The van der Waals surface area contributed by atoms with E-state index in [9.17, 15) is 9.59 Å². The molecule has 7 nitrogen and oxygen atoms in total. The van der Waals surface area contributed by atoms with Crippen LogP contribution in [0.1, 0.15) is 50.5 Å². The summed E-state index contributed by atoms with van der Waals surface area (Å²) in [5.74, 6) is -1.92. The second-order valence-electron chi connectivity index (χ2n) is 11.9. The lowest BCUT2D eigenvalue weighted by Crippen LogP contribution is -2.41. The Labute approximate surface area is 239 Å². The number of aromatic nitrogens is 4. The van der Waals surface area contributed by atoms with Crippen LogP contribution < -0.4 is 5.69 Å². The summed E-state index contributed by atoms with van der Waals surface area (Å²) in [6, 6.07) is 5.87. The van der Waals surface area contributed by atoms with Crippen molar-refractivity contribution >= 4 is 58.8 Å². The first-order chi connectivity index (χ1) is 18.2. The minimum absolute atomic E-state index is 0.00294. The van der Waals surface area contributed by atoms with Crippen LogP contribution >= 0.6 is 22.6 Å². The molecule has 2 heterocycles. The Morgan fingerprint density at radius 2 is 1.87 bits per heavy atom. The maximum Gasteiger partial charge on any atom is 0.340 e. The van der Waals surface area contributed by atoms with Crippen LogP contribution in [-0.4, -0.2) is 39.9 Å². The van der Waals surface area contributed by atoms with Gasteiger partial charge in [0.1, 0.15) is 23.2 Å². The fourth-order valence-electron chi connectivity index (χ4n) is 4.70. The van der Waals surface area contributed by atoms with Gasteiger partial charge >= 0.3 is 5.69 Å². The van der Waals surface area contributed by atoms with Crippen LogP contribution in [0.2, 0.25) is 18.1 Å². The Morgan fingerprint density at radius 3 is 2.49 bits per heavy atom. The van der Waals surface area contributed by atoms with Crippen molar-refractivity contribution < 1.29 is 18.0 Å². The van der Waals surface area contributed by atoms with Gasteiger partial charge < -0.3 is 4.43 Å². The lowest BCUT2D eigenvalue weighted by molar-refractivity contribution is 0.0785. The van der Waals surface area contributed by atoms with Crippen molar-refractivity contribution in [3.8, 4) is 5.69 Å². The Hall–Kier alpha value is -2.51. The van der Waals surface area contributed by atoms with Gasteiger partial charge in [0.15, 0.2) is 14.1 Å². The highest BCUT2D eigenvalue weighted by atomic mass is 127. The topological polar surface area (TPSA) is 79.0 Å². The Balaban J connectivity index is 1.68. The van der Waals surface area contributed by atoms with Crippen LogP contribution in [0, 0.1) is 27.5 Å². The molecular weight excluding hydrogens is 633 g/mol. The van der Waals surface area contributed by atoms with E-state index >= 15 is 8.78 Å². The number of nitrogens with zero attached hydrogens (tertiary/aromatic N) is 4. The minimum atomic E-state index is -2.03. The molecule has 11 heteroatoms. The van der Waals surface area contributed by atoms with Crippen LogP contribution in [0.25, 0.3) is 27.6 Å². The molecule has 5 rings (SSSR count). The first kappa shape index (κ1) is 28.0. The zero-order valence-electron chi connectivity index (χ0n) is 22.9. The van der Waals surface area contributed by atoms with Gasteiger partial charge in [-0.25, -0.2) is 28.1 Å². The van der Waals surface area contributed by atoms with Gasteiger partial charge in [0.25, 0.3) is 0 Å². The quantitative estimate of drug-likeness (QED) is 0.168. The number of carbonyl (C=O) groups excluding carboxylic acids is 1. The summed E-state index contributed by atoms with van der Waals surface area (Å²) in [6.07, 6.45) is 2.89. The number of hydrogen-bond acceptors (Lipinski definition) is 5. The van der Waals surface area contributed by atoms with E-state index in [-0.39, 0.29) is 27.3 Å². The summed E-state index contributed by atoms with van der Waals surface area (Å²) in [5, 5.41) is 0.407. The molecular formula is C28H31F2IN4O3Si. The van der Waals surface area contributed by atoms with Gasteiger partial charge in [0.05, 0.1) is 16.6 Å². The molecule has 2 aromatic heterocycles. The van der Waals surface area contributed by atoms with E-state index in [0.29, 0.717) is 40.5 Å². The number of carbonyl (C=O) groups is 1. The summed E-state index contributed by atoms with van der Waals surface area (Å²) in [5.41, 5.74) is -1.34. The molecule has 1 fully saturated rings. The summed E-state index contributed by atoms with van der Waals surface area (Å²) >= 11 is 1.96. The fourth-order valence-corrected chi connectivity index (χ4v) is 6.20. The predicted molar refractivity (Wildman–Crippen MR) is 158 cm³/mol. The maximum atomic E-state index is 16.1. The highest BCUT2D eigenvalue weighted by Crippen LogP contribution is 2.51. The zero-order valence-corrected chi connectivity index (χ0v) is 26.0. The third-order valence-corrected chi connectivity index (χ3v) is 13.6. The first-order valence-corrected chi connectivity index (χ1v) is 16.9. The van der Waals surface area contributed by atoms with E-state index in [2.05, 4.69) is 43.8 Å². The molecule has 0 saturated heterocycles. The largest absolute Gasteiger partial charge is 0.417 e. The van der Waals surface area contributed by atoms with E-state index in [0.717, 1.165) is 9.13 Å². The number of hydrogen-bond donors (Lipinski definition) is 0. The highest BCUT2D eigenvalue weighted by Gasteiger charge is 2.51.